The molecule has 66 valence electrons. The average molecular weight is 321 g/mol. The van der Waals surface area contributed by atoms with E-state index in [0.29, 0.717) is 0 Å². The minimum Gasteiger partial charge on any atom is -0.226 e. The Morgan fingerprint density at radius 1 is 1.50 bits per heavy atom. The summed E-state index contributed by atoms with van der Waals surface area (Å²) in [6, 6.07) is 2.02. The minimum atomic E-state index is -3.85. The summed E-state index contributed by atoms with van der Waals surface area (Å²) in [6.07, 6.45) is 0. The van der Waals surface area contributed by atoms with Crippen molar-refractivity contribution < 1.29 is 12.8 Å². The molecule has 0 unspecified atom stereocenters. The Labute approximate surface area is 86.5 Å². The number of halogens is 3. The van der Waals surface area contributed by atoms with Gasteiger partial charge in [0.25, 0.3) is 9.05 Å². The van der Waals surface area contributed by atoms with Crippen LogP contribution >= 0.6 is 33.3 Å². The first kappa shape index (κ1) is 10.1. The number of aromatic nitrogens is 1. The van der Waals surface area contributed by atoms with Crippen molar-refractivity contribution in [2.75, 3.05) is 0 Å². The third-order valence-corrected chi connectivity index (χ3v) is 2.99. The van der Waals surface area contributed by atoms with Crippen LogP contribution in [0.2, 0.25) is 0 Å². The van der Waals surface area contributed by atoms with Crippen LogP contribution in [0.5, 0.6) is 0 Å². The van der Waals surface area contributed by atoms with E-state index in [9.17, 15) is 12.8 Å². The minimum absolute atomic E-state index is 0.0191. The van der Waals surface area contributed by atoms with Crippen molar-refractivity contribution in [3.63, 3.8) is 0 Å². The fourth-order valence-electron chi connectivity index (χ4n) is 0.536. The zero-order valence-electron chi connectivity index (χ0n) is 5.46. The van der Waals surface area contributed by atoms with Crippen LogP contribution in [0.4, 0.5) is 4.39 Å². The number of hydrogen-bond donors (Lipinski definition) is 0. The lowest BCUT2D eigenvalue weighted by Gasteiger charge is -1.96. The van der Waals surface area contributed by atoms with Crippen molar-refractivity contribution in [2.24, 2.45) is 0 Å². The van der Waals surface area contributed by atoms with E-state index in [4.69, 9.17) is 10.7 Å². The van der Waals surface area contributed by atoms with Crippen LogP contribution in [-0.2, 0) is 9.05 Å². The Kier molecular flexibility index (Phi) is 2.89. The maximum absolute atomic E-state index is 12.6. The molecule has 0 spiro atoms. The van der Waals surface area contributed by atoms with E-state index in [-0.39, 0.29) is 8.73 Å². The molecule has 0 amide bonds. The van der Waals surface area contributed by atoms with E-state index in [1.165, 1.54) is 0 Å². The summed E-state index contributed by atoms with van der Waals surface area (Å²) in [5.74, 6) is -0.570. The maximum Gasteiger partial charge on any atom is 0.278 e. The molecule has 1 rings (SSSR count). The zero-order valence-corrected chi connectivity index (χ0v) is 9.19. The second-order valence-electron chi connectivity index (χ2n) is 1.86. The lowest BCUT2D eigenvalue weighted by Crippen LogP contribution is -1.98. The van der Waals surface area contributed by atoms with Gasteiger partial charge in [0.15, 0.2) is 10.8 Å². The molecule has 0 saturated carbocycles. The largest absolute Gasteiger partial charge is 0.278 e. The molecular formula is C5H2ClFINO2S. The lowest BCUT2D eigenvalue weighted by molar-refractivity contribution is 0.594. The third kappa shape index (κ3) is 2.27. The predicted octanol–water partition coefficient (Wildman–Crippen LogP) is 1.75. The number of nitrogens with zero attached hydrogens (tertiary/aromatic N) is 1. The van der Waals surface area contributed by atoms with Crippen molar-refractivity contribution >= 4 is 42.3 Å². The van der Waals surface area contributed by atoms with Crippen molar-refractivity contribution in [2.45, 2.75) is 5.03 Å². The first-order valence-electron chi connectivity index (χ1n) is 2.68. The summed E-state index contributed by atoms with van der Waals surface area (Å²) in [5.41, 5.74) is 0. The summed E-state index contributed by atoms with van der Waals surface area (Å²) in [5, 5.41) is -0.338. The van der Waals surface area contributed by atoms with E-state index in [2.05, 4.69) is 4.98 Å². The summed E-state index contributed by atoms with van der Waals surface area (Å²) in [4.78, 5) is 3.44. The smallest absolute Gasteiger partial charge is 0.226 e. The van der Waals surface area contributed by atoms with Gasteiger partial charge in [0.1, 0.15) is 3.70 Å². The molecule has 0 atom stereocenters. The highest BCUT2D eigenvalue weighted by atomic mass is 127. The van der Waals surface area contributed by atoms with Gasteiger partial charge in [-0.15, -0.1) is 0 Å². The summed E-state index contributed by atoms with van der Waals surface area (Å²) >= 11 is 1.58. The quantitative estimate of drug-likeness (QED) is 0.450. The Morgan fingerprint density at radius 3 is 2.50 bits per heavy atom. The SMILES string of the molecule is O=S(=O)(Cl)c1ccc(F)c(I)n1. The summed E-state index contributed by atoms with van der Waals surface area (Å²) in [6.45, 7) is 0. The molecule has 0 saturated heterocycles. The van der Waals surface area contributed by atoms with Gasteiger partial charge in [-0.1, -0.05) is 0 Å². The van der Waals surface area contributed by atoms with Crippen LogP contribution in [0.15, 0.2) is 17.2 Å². The van der Waals surface area contributed by atoms with Gasteiger partial charge in [-0.25, -0.2) is 17.8 Å². The van der Waals surface area contributed by atoms with Gasteiger partial charge in [-0.2, -0.15) is 0 Å². The summed E-state index contributed by atoms with van der Waals surface area (Å²) < 4.78 is 33.9. The van der Waals surface area contributed by atoms with E-state index in [1.54, 1.807) is 22.6 Å². The average Bonchev–Trinajstić information content (AvgIpc) is 1.92. The van der Waals surface area contributed by atoms with Crippen molar-refractivity contribution in [1.29, 1.82) is 0 Å². The lowest BCUT2D eigenvalue weighted by atomic mass is 10.5. The van der Waals surface area contributed by atoms with Gasteiger partial charge in [0, 0.05) is 10.7 Å². The van der Waals surface area contributed by atoms with E-state index in [0.717, 1.165) is 12.1 Å². The van der Waals surface area contributed by atoms with Crippen LogP contribution in [0, 0.1) is 9.52 Å². The number of pyridine rings is 1. The van der Waals surface area contributed by atoms with Gasteiger partial charge in [-0.3, -0.25) is 0 Å². The van der Waals surface area contributed by atoms with E-state index < -0.39 is 14.9 Å². The Balaban J connectivity index is 3.33. The molecule has 1 aromatic heterocycles. The van der Waals surface area contributed by atoms with Crippen LogP contribution in [0.3, 0.4) is 0 Å². The molecule has 0 aliphatic heterocycles. The van der Waals surface area contributed by atoms with Crippen LogP contribution in [0.25, 0.3) is 0 Å². The van der Waals surface area contributed by atoms with Crippen molar-refractivity contribution in [3.05, 3.63) is 21.7 Å². The first-order chi connectivity index (χ1) is 5.41. The molecule has 1 aromatic rings. The van der Waals surface area contributed by atoms with Crippen molar-refractivity contribution in [3.8, 4) is 0 Å². The molecule has 1 heterocycles. The molecule has 0 aliphatic carbocycles. The fourth-order valence-corrected chi connectivity index (χ4v) is 1.83. The highest BCUT2D eigenvalue weighted by Crippen LogP contribution is 2.15. The van der Waals surface area contributed by atoms with Gasteiger partial charge in [0.2, 0.25) is 0 Å². The topological polar surface area (TPSA) is 47.0 Å². The Morgan fingerprint density at radius 2 is 2.08 bits per heavy atom. The monoisotopic (exact) mass is 321 g/mol. The van der Waals surface area contributed by atoms with Gasteiger partial charge < -0.3 is 0 Å². The summed E-state index contributed by atoms with van der Waals surface area (Å²) in [7, 11) is 1.11. The van der Waals surface area contributed by atoms with Crippen LogP contribution in [-0.4, -0.2) is 13.4 Å². The molecule has 0 bridgehead atoms. The molecule has 0 N–H and O–H groups in total. The highest BCUT2D eigenvalue weighted by molar-refractivity contribution is 14.1. The number of rotatable bonds is 1. The predicted molar refractivity (Wildman–Crippen MR) is 50.0 cm³/mol. The molecule has 0 aliphatic rings. The molecule has 12 heavy (non-hydrogen) atoms. The Hall–Kier alpha value is 0.0500. The maximum atomic E-state index is 12.6. The molecule has 0 aromatic carbocycles. The molecule has 3 nitrogen and oxygen atoms in total. The molecule has 7 heteroatoms. The van der Waals surface area contributed by atoms with Gasteiger partial charge in [-0.05, 0) is 34.7 Å². The zero-order chi connectivity index (χ0) is 9.35. The first-order valence-corrected chi connectivity index (χ1v) is 6.07. The third-order valence-electron chi connectivity index (χ3n) is 1.03. The molecular weight excluding hydrogens is 319 g/mol. The Bertz CT molecular complexity index is 408. The van der Waals surface area contributed by atoms with Crippen LogP contribution in [0.1, 0.15) is 0 Å². The van der Waals surface area contributed by atoms with E-state index in [1.807, 2.05) is 0 Å². The second-order valence-corrected chi connectivity index (χ2v) is 5.39. The molecule has 0 fully saturated rings. The second kappa shape index (κ2) is 3.43. The van der Waals surface area contributed by atoms with Crippen LogP contribution < -0.4 is 0 Å². The van der Waals surface area contributed by atoms with Gasteiger partial charge >= 0.3 is 0 Å². The standard InChI is InChI=1S/C5H2ClFINO2S/c6-12(10,11)4-2-1-3(7)5(8)9-4/h1-2H. The van der Waals surface area contributed by atoms with Gasteiger partial charge in [0.05, 0.1) is 0 Å². The normalized spacial score (nSPS) is 11.6. The fraction of sp³-hybridized carbons (Fsp3) is 0. The highest BCUT2D eigenvalue weighted by Gasteiger charge is 2.13. The number of hydrogen-bond acceptors (Lipinski definition) is 3. The molecule has 0 radical (unpaired) electrons. The van der Waals surface area contributed by atoms with Crippen molar-refractivity contribution in [1.82, 2.24) is 4.98 Å². The van der Waals surface area contributed by atoms with E-state index >= 15 is 0 Å².